The van der Waals surface area contributed by atoms with Gasteiger partial charge >= 0.3 is 13.8 Å². The Morgan fingerprint density at radius 3 is 2.58 bits per heavy atom. The number of hydrogen-bond donors (Lipinski definition) is 2. The Labute approximate surface area is 69.6 Å². The molecule has 0 aromatic heterocycles. The smallest absolute Gasteiger partial charge is 0.367 e. The summed E-state index contributed by atoms with van der Waals surface area (Å²) in [5, 5.41) is 0. The zero-order valence-corrected chi connectivity index (χ0v) is 7.41. The summed E-state index contributed by atoms with van der Waals surface area (Å²) >= 11 is 0. The van der Waals surface area contributed by atoms with E-state index < -0.39 is 20.5 Å². The number of nitrogens with two attached hydrogens (primary N) is 1. The highest BCUT2D eigenvalue weighted by molar-refractivity contribution is 7.48. The van der Waals surface area contributed by atoms with Crippen molar-refractivity contribution >= 4 is 13.8 Å². The van der Waals surface area contributed by atoms with E-state index in [-0.39, 0.29) is 5.57 Å². The maximum atomic E-state index is 10.7. The number of phosphoric ester groups is 1. The van der Waals surface area contributed by atoms with Crippen LogP contribution in [-0.2, 0) is 18.4 Å². The lowest BCUT2D eigenvalue weighted by molar-refractivity contribution is -0.131. The van der Waals surface area contributed by atoms with Gasteiger partial charge in [0, 0.05) is 5.57 Å². The standard InChI is InChI=1S/C5H10NO5P/c1-4(2)5(7)11-12(8,9)10-3-6/h1,3,6H2,2H3,(H,8,9). The van der Waals surface area contributed by atoms with E-state index >= 15 is 0 Å². The summed E-state index contributed by atoms with van der Waals surface area (Å²) in [6.07, 6.45) is 0. The largest absolute Gasteiger partial charge is 0.531 e. The molecule has 0 radical (unpaired) electrons. The number of carbonyl (C=O) groups is 1. The molecule has 0 fully saturated rings. The van der Waals surface area contributed by atoms with E-state index in [2.05, 4.69) is 15.6 Å². The van der Waals surface area contributed by atoms with Crippen LogP contribution in [-0.4, -0.2) is 17.6 Å². The van der Waals surface area contributed by atoms with Gasteiger partial charge in [-0.05, 0) is 6.92 Å². The van der Waals surface area contributed by atoms with Gasteiger partial charge in [-0.3, -0.25) is 9.42 Å². The third-order valence-electron chi connectivity index (χ3n) is 0.784. The maximum absolute atomic E-state index is 10.7. The van der Waals surface area contributed by atoms with E-state index in [4.69, 9.17) is 10.6 Å². The molecular formula is C5H10NO5P. The second kappa shape index (κ2) is 4.37. The summed E-state index contributed by atoms with van der Waals surface area (Å²) in [7, 11) is -4.34. The lowest BCUT2D eigenvalue weighted by Gasteiger charge is -2.09. The van der Waals surface area contributed by atoms with Gasteiger partial charge in [-0.15, -0.1) is 0 Å². The molecule has 0 aliphatic carbocycles. The molecule has 0 aromatic rings. The van der Waals surface area contributed by atoms with E-state index in [1.807, 2.05) is 0 Å². The van der Waals surface area contributed by atoms with Gasteiger partial charge in [0.05, 0.1) is 0 Å². The normalized spacial score (nSPS) is 14.9. The van der Waals surface area contributed by atoms with Crippen molar-refractivity contribution in [3.63, 3.8) is 0 Å². The van der Waals surface area contributed by atoms with Gasteiger partial charge in [0.1, 0.15) is 6.73 Å². The predicted molar refractivity (Wildman–Crippen MR) is 40.9 cm³/mol. The number of hydrogen-bond acceptors (Lipinski definition) is 5. The highest BCUT2D eigenvalue weighted by Gasteiger charge is 2.25. The topological polar surface area (TPSA) is 98.9 Å². The van der Waals surface area contributed by atoms with Crippen LogP contribution in [0.25, 0.3) is 0 Å². The molecule has 0 amide bonds. The van der Waals surface area contributed by atoms with Crippen molar-refractivity contribution in [3.05, 3.63) is 12.2 Å². The Morgan fingerprint density at radius 1 is 1.75 bits per heavy atom. The highest BCUT2D eigenvalue weighted by Crippen LogP contribution is 2.43. The van der Waals surface area contributed by atoms with Crippen molar-refractivity contribution in [2.24, 2.45) is 5.73 Å². The van der Waals surface area contributed by atoms with Crippen LogP contribution in [0, 0.1) is 0 Å². The monoisotopic (exact) mass is 195 g/mol. The lowest BCUT2D eigenvalue weighted by Crippen LogP contribution is -2.08. The molecule has 70 valence electrons. The van der Waals surface area contributed by atoms with Crippen molar-refractivity contribution in [3.8, 4) is 0 Å². The Bertz CT molecular complexity index is 238. The SMILES string of the molecule is C=C(C)C(=O)OP(=O)(O)OCN. The highest BCUT2D eigenvalue weighted by atomic mass is 31.2. The molecule has 1 unspecified atom stereocenters. The lowest BCUT2D eigenvalue weighted by atomic mass is 10.4. The zero-order chi connectivity index (χ0) is 9.78. The van der Waals surface area contributed by atoms with Gasteiger partial charge in [-0.25, -0.2) is 9.36 Å². The second-order valence-corrected chi connectivity index (χ2v) is 3.30. The van der Waals surface area contributed by atoms with E-state index in [0.29, 0.717) is 0 Å². The summed E-state index contributed by atoms with van der Waals surface area (Å²) in [4.78, 5) is 19.4. The van der Waals surface area contributed by atoms with Crippen LogP contribution in [0.15, 0.2) is 12.2 Å². The molecule has 0 saturated heterocycles. The van der Waals surface area contributed by atoms with Crippen molar-refractivity contribution in [2.45, 2.75) is 6.92 Å². The van der Waals surface area contributed by atoms with Crippen LogP contribution >= 0.6 is 7.82 Å². The minimum absolute atomic E-state index is 0.00453. The van der Waals surface area contributed by atoms with Gasteiger partial charge in [-0.2, -0.15) is 0 Å². The molecule has 6 nitrogen and oxygen atoms in total. The molecule has 7 heteroatoms. The minimum Gasteiger partial charge on any atom is -0.367 e. The molecular weight excluding hydrogens is 185 g/mol. The molecule has 0 heterocycles. The fourth-order valence-electron chi connectivity index (χ4n) is 0.303. The van der Waals surface area contributed by atoms with Crippen LogP contribution < -0.4 is 5.73 Å². The van der Waals surface area contributed by atoms with Gasteiger partial charge < -0.3 is 10.3 Å². The first-order valence-electron chi connectivity index (χ1n) is 2.96. The van der Waals surface area contributed by atoms with Crippen LogP contribution in [0.5, 0.6) is 0 Å². The summed E-state index contributed by atoms with van der Waals surface area (Å²) < 4.78 is 18.8. The molecule has 0 spiro atoms. The van der Waals surface area contributed by atoms with Crippen LogP contribution in [0.3, 0.4) is 0 Å². The van der Waals surface area contributed by atoms with Crippen LogP contribution in [0.4, 0.5) is 0 Å². The van der Waals surface area contributed by atoms with Gasteiger partial charge in [-0.1, -0.05) is 6.58 Å². The fraction of sp³-hybridized carbons (Fsp3) is 0.400. The first-order chi connectivity index (χ1) is 5.39. The molecule has 0 aliphatic rings. The van der Waals surface area contributed by atoms with Crippen LogP contribution in [0.2, 0.25) is 0 Å². The Hall–Kier alpha value is -0.680. The third kappa shape index (κ3) is 4.25. The average Bonchev–Trinajstić information content (AvgIpc) is 1.85. The molecule has 12 heavy (non-hydrogen) atoms. The van der Waals surface area contributed by atoms with E-state index in [1.54, 1.807) is 0 Å². The Kier molecular flexibility index (Phi) is 4.12. The average molecular weight is 195 g/mol. The summed E-state index contributed by atoms with van der Waals surface area (Å²) in [6.45, 7) is 4.04. The molecule has 0 saturated carbocycles. The quantitative estimate of drug-likeness (QED) is 0.376. The second-order valence-electron chi connectivity index (χ2n) is 1.92. The van der Waals surface area contributed by atoms with Crippen LogP contribution in [0.1, 0.15) is 6.92 Å². The van der Waals surface area contributed by atoms with Gasteiger partial charge in [0.2, 0.25) is 0 Å². The summed E-state index contributed by atoms with van der Waals surface area (Å²) in [6, 6.07) is 0. The van der Waals surface area contributed by atoms with Crippen molar-refractivity contribution in [1.29, 1.82) is 0 Å². The number of rotatable bonds is 4. The van der Waals surface area contributed by atoms with E-state index in [9.17, 15) is 9.36 Å². The number of carbonyl (C=O) groups excluding carboxylic acids is 1. The molecule has 0 rings (SSSR count). The van der Waals surface area contributed by atoms with Gasteiger partial charge in [0.15, 0.2) is 0 Å². The molecule has 3 N–H and O–H groups in total. The first-order valence-corrected chi connectivity index (χ1v) is 4.45. The van der Waals surface area contributed by atoms with E-state index in [1.165, 1.54) is 6.92 Å². The molecule has 1 atom stereocenters. The summed E-state index contributed by atoms with van der Waals surface area (Å²) in [5.74, 6) is -0.991. The minimum atomic E-state index is -4.34. The zero-order valence-electron chi connectivity index (χ0n) is 6.52. The van der Waals surface area contributed by atoms with Crippen molar-refractivity contribution < 1.29 is 23.3 Å². The van der Waals surface area contributed by atoms with Crippen molar-refractivity contribution in [1.82, 2.24) is 0 Å². The van der Waals surface area contributed by atoms with Gasteiger partial charge in [0.25, 0.3) is 0 Å². The maximum Gasteiger partial charge on any atom is 0.531 e. The number of phosphoric acid groups is 1. The Morgan fingerprint density at radius 2 is 2.25 bits per heavy atom. The van der Waals surface area contributed by atoms with E-state index in [0.717, 1.165) is 0 Å². The molecule has 0 aromatic carbocycles. The molecule has 0 bridgehead atoms. The van der Waals surface area contributed by atoms with Crippen molar-refractivity contribution in [2.75, 3.05) is 6.73 Å². The Balaban J connectivity index is 4.15. The summed E-state index contributed by atoms with van der Waals surface area (Å²) in [5.41, 5.74) is 4.80. The first kappa shape index (κ1) is 11.3. The molecule has 0 aliphatic heterocycles. The third-order valence-corrected chi connectivity index (χ3v) is 1.66. The fourth-order valence-corrected chi connectivity index (χ4v) is 0.910. The predicted octanol–water partition coefficient (Wildman–Crippen LogP) is 0.139.